The maximum absolute atomic E-state index is 11.2. The summed E-state index contributed by atoms with van der Waals surface area (Å²) in [5, 5.41) is 2.88. The van der Waals surface area contributed by atoms with Crippen molar-refractivity contribution in [3.8, 4) is 0 Å². The van der Waals surface area contributed by atoms with Gasteiger partial charge in [0.2, 0.25) is 5.91 Å². The van der Waals surface area contributed by atoms with Crippen molar-refractivity contribution < 1.29 is 4.79 Å². The lowest BCUT2D eigenvalue weighted by atomic mass is 10.1. The zero-order valence-electron chi connectivity index (χ0n) is 8.26. The largest absolute Gasteiger partial charge is 0.352 e. The summed E-state index contributed by atoms with van der Waals surface area (Å²) in [6, 6.07) is 0.149. The molecule has 0 aromatic heterocycles. The highest BCUT2D eigenvalue weighted by molar-refractivity contribution is 5.76. The molecule has 1 unspecified atom stereocenters. The Morgan fingerprint density at radius 3 is 2.42 bits per heavy atom. The van der Waals surface area contributed by atoms with Crippen molar-refractivity contribution in [2.75, 3.05) is 6.54 Å². The number of rotatable bonds is 5. The number of nitrogens with one attached hydrogen (secondary N) is 1. The summed E-state index contributed by atoms with van der Waals surface area (Å²) in [4.78, 5) is 11.2. The van der Waals surface area contributed by atoms with E-state index < -0.39 is 0 Å². The number of hydrogen-bond donors (Lipinski definition) is 2. The zero-order chi connectivity index (χ0) is 9.56. The molecule has 1 atom stereocenters. The number of carbonyl (C=O) groups is 1. The average Bonchev–Trinajstić information content (AvgIpc) is 1.98. The molecule has 0 heterocycles. The fourth-order valence-corrected chi connectivity index (χ4v) is 0.985. The molecule has 0 aliphatic rings. The second kappa shape index (κ2) is 6.00. The summed E-state index contributed by atoms with van der Waals surface area (Å²) in [6.07, 6.45) is 1.50. The molecule has 0 aromatic rings. The molecule has 1 amide bonds. The van der Waals surface area contributed by atoms with E-state index in [1.165, 1.54) is 0 Å². The van der Waals surface area contributed by atoms with E-state index in [0.717, 1.165) is 6.42 Å². The molecular weight excluding hydrogens is 152 g/mol. The Hall–Kier alpha value is -0.570. The lowest BCUT2D eigenvalue weighted by molar-refractivity contribution is -0.122. The molecule has 72 valence electrons. The van der Waals surface area contributed by atoms with Gasteiger partial charge in [-0.1, -0.05) is 20.8 Å². The standard InChI is InChI=1S/C9H20N2O/c1-4-8(6-10)11-9(12)5-7(2)3/h7-8H,4-6,10H2,1-3H3,(H,11,12). The molecule has 3 nitrogen and oxygen atoms in total. The lowest BCUT2D eigenvalue weighted by Gasteiger charge is -2.15. The van der Waals surface area contributed by atoms with Crippen LogP contribution in [-0.4, -0.2) is 18.5 Å². The molecule has 0 spiro atoms. The predicted molar refractivity (Wildman–Crippen MR) is 50.7 cm³/mol. The topological polar surface area (TPSA) is 55.1 Å². The first-order chi connectivity index (χ1) is 5.60. The Balaban J connectivity index is 3.66. The molecule has 0 aliphatic carbocycles. The van der Waals surface area contributed by atoms with Crippen molar-refractivity contribution in [3.05, 3.63) is 0 Å². The van der Waals surface area contributed by atoms with E-state index in [4.69, 9.17) is 5.73 Å². The SMILES string of the molecule is CCC(CN)NC(=O)CC(C)C. The van der Waals surface area contributed by atoms with E-state index >= 15 is 0 Å². The second-order valence-corrected chi connectivity index (χ2v) is 3.51. The fourth-order valence-electron chi connectivity index (χ4n) is 0.985. The summed E-state index contributed by atoms with van der Waals surface area (Å²) in [7, 11) is 0. The zero-order valence-corrected chi connectivity index (χ0v) is 8.26. The van der Waals surface area contributed by atoms with Crippen LogP contribution in [0.4, 0.5) is 0 Å². The van der Waals surface area contributed by atoms with Crippen molar-refractivity contribution in [1.82, 2.24) is 5.32 Å². The van der Waals surface area contributed by atoms with Gasteiger partial charge in [0.25, 0.3) is 0 Å². The Bertz CT molecular complexity index is 130. The minimum atomic E-state index is 0.113. The molecule has 12 heavy (non-hydrogen) atoms. The molecule has 0 radical (unpaired) electrons. The highest BCUT2D eigenvalue weighted by Crippen LogP contribution is 1.99. The van der Waals surface area contributed by atoms with Crippen LogP contribution in [0.1, 0.15) is 33.6 Å². The number of hydrogen-bond acceptors (Lipinski definition) is 2. The third kappa shape index (κ3) is 5.13. The van der Waals surface area contributed by atoms with E-state index in [1.807, 2.05) is 20.8 Å². The lowest BCUT2D eigenvalue weighted by Crippen LogP contribution is -2.40. The van der Waals surface area contributed by atoms with Crippen LogP contribution in [0.15, 0.2) is 0 Å². The van der Waals surface area contributed by atoms with E-state index in [9.17, 15) is 4.79 Å². The van der Waals surface area contributed by atoms with Crippen LogP contribution in [0.25, 0.3) is 0 Å². The third-order valence-electron chi connectivity index (χ3n) is 1.74. The van der Waals surface area contributed by atoms with E-state index in [2.05, 4.69) is 5.32 Å². The van der Waals surface area contributed by atoms with Crippen LogP contribution in [0.5, 0.6) is 0 Å². The van der Waals surface area contributed by atoms with Crippen molar-refractivity contribution in [2.45, 2.75) is 39.7 Å². The summed E-state index contributed by atoms with van der Waals surface area (Å²) in [6.45, 7) is 6.61. The third-order valence-corrected chi connectivity index (χ3v) is 1.74. The van der Waals surface area contributed by atoms with Gasteiger partial charge in [0.05, 0.1) is 0 Å². The minimum Gasteiger partial charge on any atom is -0.352 e. The van der Waals surface area contributed by atoms with Gasteiger partial charge in [-0.15, -0.1) is 0 Å². The first kappa shape index (κ1) is 11.4. The fraction of sp³-hybridized carbons (Fsp3) is 0.889. The molecule has 0 aliphatic heterocycles. The maximum atomic E-state index is 11.2. The van der Waals surface area contributed by atoms with Crippen LogP contribution in [0.3, 0.4) is 0 Å². The van der Waals surface area contributed by atoms with Crippen LogP contribution >= 0.6 is 0 Å². The van der Waals surface area contributed by atoms with Gasteiger partial charge in [0.15, 0.2) is 0 Å². The van der Waals surface area contributed by atoms with Crippen molar-refractivity contribution >= 4 is 5.91 Å². The summed E-state index contributed by atoms with van der Waals surface area (Å²) in [5.74, 6) is 0.530. The highest BCUT2D eigenvalue weighted by Gasteiger charge is 2.09. The molecule has 0 aromatic carbocycles. The van der Waals surface area contributed by atoms with Crippen molar-refractivity contribution in [1.29, 1.82) is 0 Å². The normalized spacial score (nSPS) is 13.1. The summed E-state index contributed by atoms with van der Waals surface area (Å²) in [5.41, 5.74) is 5.45. The monoisotopic (exact) mass is 172 g/mol. The molecule has 0 bridgehead atoms. The summed E-state index contributed by atoms with van der Waals surface area (Å²) < 4.78 is 0. The maximum Gasteiger partial charge on any atom is 0.220 e. The Kier molecular flexibility index (Phi) is 5.72. The molecule has 0 saturated carbocycles. The minimum absolute atomic E-state index is 0.113. The summed E-state index contributed by atoms with van der Waals surface area (Å²) >= 11 is 0. The quantitative estimate of drug-likeness (QED) is 0.647. The van der Waals surface area contributed by atoms with Gasteiger partial charge in [-0.25, -0.2) is 0 Å². The van der Waals surface area contributed by atoms with Crippen LogP contribution in [-0.2, 0) is 4.79 Å². The van der Waals surface area contributed by atoms with Gasteiger partial charge in [-0.05, 0) is 12.3 Å². The van der Waals surface area contributed by atoms with Crippen LogP contribution in [0, 0.1) is 5.92 Å². The van der Waals surface area contributed by atoms with E-state index in [0.29, 0.717) is 18.9 Å². The first-order valence-electron chi connectivity index (χ1n) is 4.59. The van der Waals surface area contributed by atoms with Gasteiger partial charge in [-0.3, -0.25) is 4.79 Å². The Morgan fingerprint density at radius 1 is 1.50 bits per heavy atom. The number of carbonyl (C=O) groups excluding carboxylic acids is 1. The molecule has 0 fully saturated rings. The van der Waals surface area contributed by atoms with Crippen molar-refractivity contribution in [3.63, 3.8) is 0 Å². The molecule has 0 rings (SSSR count). The van der Waals surface area contributed by atoms with E-state index in [-0.39, 0.29) is 11.9 Å². The molecular formula is C9H20N2O. The van der Waals surface area contributed by atoms with Crippen LogP contribution in [0.2, 0.25) is 0 Å². The van der Waals surface area contributed by atoms with Gasteiger partial charge >= 0.3 is 0 Å². The second-order valence-electron chi connectivity index (χ2n) is 3.51. The van der Waals surface area contributed by atoms with Gasteiger partial charge < -0.3 is 11.1 Å². The average molecular weight is 172 g/mol. The number of nitrogens with two attached hydrogens (primary N) is 1. The van der Waals surface area contributed by atoms with Gasteiger partial charge in [-0.2, -0.15) is 0 Å². The van der Waals surface area contributed by atoms with Gasteiger partial charge in [0.1, 0.15) is 0 Å². The van der Waals surface area contributed by atoms with Crippen molar-refractivity contribution in [2.24, 2.45) is 11.7 Å². The highest BCUT2D eigenvalue weighted by atomic mass is 16.1. The molecule has 3 heteroatoms. The first-order valence-corrected chi connectivity index (χ1v) is 4.59. The van der Waals surface area contributed by atoms with E-state index in [1.54, 1.807) is 0 Å². The van der Waals surface area contributed by atoms with Crippen LogP contribution < -0.4 is 11.1 Å². The molecule has 3 N–H and O–H groups in total. The van der Waals surface area contributed by atoms with Gasteiger partial charge in [0, 0.05) is 19.0 Å². The number of amides is 1. The Labute approximate surface area is 74.7 Å². The smallest absolute Gasteiger partial charge is 0.220 e. The predicted octanol–water partition coefficient (Wildman–Crippen LogP) is 0.886. The Morgan fingerprint density at radius 2 is 2.08 bits per heavy atom. The molecule has 0 saturated heterocycles.